The number of ether oxygens (including phenoxy) is 4. The van der Waals surface area contributed by atoms with Gasteiger partial charge in [-0.15, -0.1) is 0 Å². The van der Waals surface area contributed by atoms with Crippen LogP contribution < -0.4 is 0 Å². The Morgan fingerprint density at radius 1 is 0.385 bits per heavy atom. The van der Waals surface area contributed by atoms with Gasteiger partial charge in [0.05, 0.1) is 46.2 Å². The zero-order valence-corrected chi connectivity index (χ0v) is 16.1. The lowest BCUT2D eigenvalue weighted by Gasteiger charge is -2.24. The van der Waals surface area contributed by atoms with Crippen molar-refractivity contribution in [3.05, 3.63) is 0 Å². The topological polar surface area (TPSA) is 61.9 Å². The van der Waals surface area contributed by atoms with Crippen molar-refractivity contribution in [2.45, 2.75) is 19.3 Å². The van der Waals surface area contributed by atoms with E-state index in [2.05, 4.69) is 9.80 Å². The average molecular weight is 376 g/mol. The molecule has 3 heterocycles. The molecule has 0 aromatic carbocycles. The molecule has 3 fully saturated rings. The largest absolute Gasteiger partial charge is 0.380 e. The van der Waals surface area contributed by atoms with Gasteiger partial charge in [0.25, 0.3) is 0 Å². The van der Waals surface area contributed by atoms with E-state index in [4.69, 9.17) is 28.7 Å². The fourth-order valence-electron chi connectivity index (χ4n) is 2.94. The van der Waals surface area contributed by atoms with Crippen LogP contribution in [0.15, 0.2) is 0 Å². The third-order valence-corrected chi connectivity index (χ3v) is 4.55. The molecule has 3 aliphatic rings. The van der Waals surface area contributed by atoms with Crippen LogP contribution in [0.3, 0.4) is 0 Å². The van der Waals surface area contributed by atoms with E-state index in [9.17, 15) is 0 Å². The first-order chi connectivity index (χ1) is 12.9. The molecule has 0 radical (unpaired) electrons. The van der Waals surface area contributed by atoms with Gasteiger partial charge in [0.15, 0.2) is 6.79 Å². The molecule has 2 bridgehead atoms. The predicted molar refractivity (Wildman–Crippen MR) is 97.0 cm³/mol. The SMILES string of the molecule is C1CCOCCN2CCOCCOCCN(CC1)CCOCOOCC2. The summed E-state index contributed by atoms with van der Waals surface area (Å²) in [4.78, 5) is 15.0. The summed E-state index contributed by atoms with van der Waals surface area (Å²) in [5.41, 5.74) is 0. The molecule has 0 amide bonds. The number of hydrogen-bond acceptors (Lipinski definition) is 8. The first-order valence-corrected chi connectivity index (χ1v) is 9.95. The van der Waals surface area contributed by atoms with Crippen molar-refractivity contribution in [2.75, 3.05) is 98.9 Å². The fraction of sp³-hybridized carbons (Fsp3) is 1.00. The summed E-state index contributed by atoms with van der Waals surface area (Å²) >= 11 is 0. The third-order valence-electron chi connectivity index (χ3n) is 4.55. The highest BCUT2D eigenvalue weighted by Crippen LogP contribution is 2.02. The van der Waals surface area contributed by atoms with Crippen LogP contribution in [0.4, 0.5) is 0 Å². The summed E-state index contributed by atoms with van der Waals surface area (Å²) in [5, 5.41) is 0. The Hall–Kier alpha value is -0.320. The van der Waals surface area contributed by atoms with Gasteiger partial charge < -0.3 is 18.9 Å². The lowest BCUT2D eigenvalue weighted by Crippen LogP contribution is -2.35. The fourth-order valence-corrected chi connectivity index (χ4v) is 2.94. The van der Waals surface area contributed by atoms with Crippen LogP contribution in [-0.2, 0) is 28.7 Å². The number of rotatable bonds is 0. The molecule has 3 aliphatic heterocycles. The lowest BCUT2D eigenvalue weighted by molar-refractivity contribution is -0.337. The molecule has 26 heavy (non-hydrogen) atoms. The summed E-state index contributed by atoms with van der Waals surface area (Å²) in [6, 6.07) is 0. The summed E-state index contributed by atoms with van der Waals surface area (Å²) in [6.45, 7) is 10.8. The highest BCUT2D eigenvalue weighted by Gasteiger charge is 2.08. The second-order valence-corrected chi connectivity index (χ2v) is 6.55. The molecule has 3 saturated heterocycles. The highest BCUT2D eigenvalue weighted by molar-refractivity contribution is 4.59. The number of nitrogens with zero attached hydrogens (tertiary/aromatic N) is 2. The van der Waals surface area contributed by atoms with Crippen LogP contribution in [0.25, 0.3) is 0 Å². The molecule has 0 N–H and O–H groups in total. The minimum atomic E-state index is 0.163. The molecule has 8 heteroatoms. The van der Waals surface area contributed by atoms with Crippen LogP contribution in [-0.4, -0.2) is 109 Å². The van der Waals surface area contributed by atoms with Crippen molar-refractivity contribution >= 4 is 0 Å². The Bertz CT molecular complexity index is 247. The first-order valence-electron chi connectivity index (χ1n) is 9.95. The number of fused-ring (bicyclic) bond motifs is 21. The maximum absolute atomic E-state index is 5.79. The Kier molecular flexibility index (Phi) is 13.3. The Labute approximate surface area is 157 Å². The van der Waals surface area contributed by atoms with E-state index in [1.54, 1.807) is 0 Å². The van der Waals surface area contributed by atoms with Crippen molar-refractivity contribution in [3.8, 4) is 0 Å². The molecule has 2 unspecified atom stereocenters. The van der Waals surface area contributed by atoms with Crippen LogP contribution in [0.2, 0.25) is 0 Å². The van der Waals surface area contributed by atoms with Gasteiger partial charge in [-0.2, -0.15) is 0 Å². The molecular formula is C18H36N2O6. The lowest BCUT2D eigenvalue weighted by atomic mass is 10.2. The van der Waals surface area contributed by atoms with Crippen LogP contribution >= 0.6 is 0 Å². The van der Waals surface area contributed by atoms with Gasteiger partial charge in [-0.3, -0.25) is 9.80 Å². The Morgan fingerprint density at radius 2 is 0.962 bits per heavy atom. The summed E-state index contributed by atoms with van der Waals surface area (Å²) in [7, 11) is 0. The minimum Gasteiger partial charge on any atom is -0.380 e. The quantitative estimate of drug-likeness (QED) is 0.575. The molecular weight excluding hydrogens is 340 g/mol. The van der Waals surface area contributed by atoms with Gasteiger partial charge in [-0.25, -0.2) is 9.78 Å². The molecule has 0 aromatic rings. The molecule has 0 saturated carbocycles. The smallest absolute Gasteiger partial charge is 0.180 e. The van der Waals surface area contributed by atoms with E-state index in [0.717, 1.165) is 71.9 Å². The van der Waals surface area contributed by atoms with E-state index in [0.29, 0.717) is 33.0 Å². The van der Waals surface area contributed by atoms with Crippen molar-refractivity contribution < 1.29 is 28.7 Å². The molecule has 2 atom stereocenters. The standard InChI is InChI=1S/C18H36N2O6/c1-2-4-19-5-12-22-16-17-23-13-7-20(6-11-21-10-3-1)9-15-25-26-18-24-14-8-19/h1-18H2. The maximum atomic E-state index is 5.79. The predicted octanol–water partition coefficient (Wildman–Crippen LogP) is 0.760. The van der Waals surface area contributed by atoms with Crippen molar-refractivity contribution in [1.29, 1.82) is 0 Å². The maximum Gasteiger partial charge on any atom is 0.180 e. The van der Waals surface area contributed by atoms with Crippen LogP contribution in [0, 0.1) is 0 Å². The van der Waals surface area contributed by atoms with E-state index >= 15 is 0 Å². The van der Waals surface area contributed by atoms with Gasteiger partial charge in [0, 0.05) is 39.3 Å². The second-order valence-electron chi connectivity index (χ2n) is 6.55. The van der Waals surface area contributed by atoms with Gasteiger partial charge in [-0.05, 0) is 25.8 Å². The van der Waals surface area contributed by atoms with Gasteiger partial charge in [-0.1, -0.05) is 0 Å². The molecule has 0 spiro atoms. The van der Waals surface area contributed by atoms with E-state index in [1.807, 2.05) is 0 Å². The highest BCUT2D eigenvalue weighted by atomic mass is 17.2. The van der Waals surface area contributed by atoms with Crippen molar-refractivity contribution in [2.24, 2.45) is 0 Å². The monoisotopic (exact) mass is 376 g/mol. The minimum absolute atomic E-state index is 0.163. The van der Waals surface area contributed by atoms with Crippen LogP contribution in [0.5, 0.6) is 0 Å². The molecule has 8 nitrogen and oxygen atoms in total. The van der Waals surface area contributed by atoms with Crippen LogP contribution in [0.1, 0.15) is 19.3 Å². The molecule has 154 valence electrons. The third kappa shape index (κ3) is 11.4. The first kappa shape index (κ1) is 22.0. The van der Waals surface area contributed by atoms with E-state index in [-0.39, 0.29) is 6.79 Å². The normalized spacial score (nSPS) is 30.5. The molecule has 0 aromatic heterocycles. The van der Waals surface area contributed by atoms with Gasteiger partial charge >= 0.3 is 0 Å². The summed E-state index contributed by atoms with van der Waals surface area (Å²) in [6.07, 6.45) is 3.46. The van der Waals surface area contributed by atoms with Crippen molar-refractivity contribution in [3.63, 3.8) is 0 Å². The molecule has 0 aliphatic carbocycles. The van der Waals surface area contributed by atoms with Gasteiger partial charge in [0.2, 0.25) is 0 Å². The summed E-state index contributed by atoms with van der Waals surface area (Å²) in [5.74, 6) is 0. The zero-order valence-electron chi connectivity index (χ0n) is 16.1. The van der Waals surface area contributed by atoms with E-state index in [1.165, 1.54) is 6.42 Å². The average Bonchev–Trinajstić information content (AvgIpc) is 2.65. The zero-order chi connectivity index (χ0) is 18.1. The molecule has 3 rings (SSSR count). The van der Waals surface area contributed by atoms with Gasteiger partial charge in [0.1, 0.15) is 0 Å². The Balaban J connectivity index is 1.87. The second kappa shape index (κ2) is 15.7. The van der Waals surface area contributed by atoms with Crippen molar-refractivity contribution in [1.82, 2.24) is 9.80 Å². The summed E-state index contributed by atoms with van der Waals surface area (Å²) < 4.78 is 22.7. The Morgan fingerprint density at radius 3 is 1.69 bits per heavy atom. The van der Waals surface area contributed by atoms with E-state index < -0.39 is 0 Å². The number of hydrogen-bond donors (Lipinski definition) is 0.